The van der Waals surface area contributed by atoms with Crippen LogP contribution in [0.25, 0.3) is 135 Å². The van der Waals surface area contributed by atoms with Gasteiger partial charge in [0.25, 0.3) is 0 Å². The molecule has 0 fully saturated rings. The van der Waals surface area contributed by atoms with E-state index in [-0.39, 0.29) is 0 Å². The predicted molar refractivity (Wildman–Crippen MR) is 309 cm³/mol. The highest BCUT2D eigenvalue weighted by Gasteiger charge is 2.22. The molecule has 2 N–H and O–H groups in total. The molecule has 0 atom stereocenters. The van der Waals surface area contributed by atoms with Gasteiger partial charge < -0.3 is 19.4 Å². The number of benzene rings is 8. The largest absolute Gasteiger partial charge is 0.497 e. The van der Waals surface area contributed by atoms with Gasteiger partial charge in [0, 0.05) is 44.3 Å². The summed E-state index contributed by atoms with van der Waals surface area (Å²) in [5, 5.41) is 4.61. The van der Waals surface area contributed by atoms with Crippen molar-refractivity contribution in [2.24, 2.45) is 0 Å². The van der Waals surface area contributed by atoms with Crippen LogP contribution in [0, 0.1) is 13.8 Å². The second-order valence-corrected chi connectivity index (χ2v) is 19.1. The molecule has 0 spiro atoms. The molecule has 8 bridgehead atoms. The summed E-state index contributed by atoms with van der Waals surface area (Å²) < 4.78 is 11.7. The van der Waals surface area contributed by atoms with E-state index in [0.717, 1.165) is 134 Å². The summed E-state index contributed by atoms with van der Waals surface area (Å²) >= 11 is 0. The lowest BCUT2D eigenvalue weighted by molar-refractivity contribution is 0.404. The lowest BCUT2D eigenvalue weighted by atomic mass is 9.85. The molecular formula is C68H50N4O2. The first-order chi connectivity index (χ1) is 36.4. The third kappa shape index (κ3) is 7.67. The molecule has 0 saturated carbocycles. The molecule has 0 unspecified atom stereocenters. The van der Waals surface area contributed by atoms with Crippen LogP contribution >= 0.6 is 0 Å². The molecule has 6 nitrogen and oxygen atoms in total. The van der Waals surface area contributed by atoms with Crippen LogP contribution in [0.4, 0.5) is 0 Å². The van der Waals surface area contributed by atoms with Gasteiger partial charge in [0.05, 0.1) is 37.0 Å². The smallest absolute Gasteiger partial charge is 0.126 e. The fourth-order valence-corrected chi connectivity index (χ4v) is 11.2. The number of hydrogen-bond donors (Lipinski definition) is 2. The molecule has 5 heterocycles. The average Bonchev–Trinajstić information content (AvgIpc) is 4.30. The Morgan fingerprint density at radius 3 is 1.46 bits per heavy atom. The van der Waals surface area contributed by atoms with Crippen LogP contribution in [0.1, 0.15) is 33.9 Å². The van der Waals surface area contributed by atoms with E-state index in [0.29, 0.717) is 0 Å². The highest BCUT2D eigenvalue weighted by Crippen LogP contribution is 2.46. The number of H-pyrrole nitrogens is 2. The standard InChI is InChI=1S/C68H50N4O2/c1-41-38-55(42(2)37-54(41)50-23-11-19-43-20-13-25-52(64(43)50)56-40-49(73-3)29-36-63(56)74-4)51-24-12-21-44-22-14-26-53(65(44)51)68-61-34-32-59(71-61)66(45-15-7-5-8-16-45)57-30-27-47(69-57)39-48-28-31-58(70-48)67(46-17-9-6-10-18-46)60-33-35-62(68)72-60/h5-40,69,72H,1-4H3. The van der Waals surface area contributed by atoms with Gasteiger partial charge in [0.1, 0.15) is 11.5 Å². The fraction of sp³-hybridized carbons (Fsp3) is 0.0588. The predicted octanol–water partition coefficient (Wildman–Crippen LogP) is 17.6. The molecule has 0 aliphatic carbocycles. The van der Waals surface area contributed by atoms with Crippen molar-refractivity contribution in [2.45, 2.75) is 13.8 Å². The van der Waals surface area contributed by atoms with Gasteiger partial charge in [-0.1, -0.05) is 146 Å². The molecule has 0 amide bonds. The summed E-state index contributed by atoms with van der Waals surface area (Å²) in [6.45, 7) is 4.48. The second kappa shape index (κ2) is 18.3. The van der Waals surface area contributed by atoms with Crippen molar-refractivity contribution in [3.63, 3.8) is 0 Å². The first-order valence-corrected chi connectivity index (χ1v) is 25.0. The van der Waals surface area contributed by atoms with Crippen molar-refractivity contribution in [3.05, 3.63) is 228 Å². The number of ether oxygens (including phenoxy) is 2. The van der Waals surface area contributed by atoms with E-state index >= 15 is 0 Å². The van der Waals surface area contributed by atoms with E-state index in [2.05, 4.69) is 230 Å². The van der Waals surface area contributed by atoms with Crippen LogP contribution in [-0.4, -0.2) is 34.2 Å². The molecular weight excluding hydrogens is 905 g/mol. The summed E-state index contributed by atoms with van der Waals surface area (Å²) in [5.41, 5.74) is 22.8. The summed E-state index contributed by atoms with van der Waals surface area (Å²) in [6.07, 6.45) is 8.56. The highest BCUT2D eigenvalue weighted by atomic mass is 16.5. The number of aromatic amines is 2. The highest BCUT2D eigenvalue weighted by molar-refractivity contribution is 6.12. The lowest BCUT2D eigenvalue weighted by Crippen LogP contribution is -1.95. The molecule has 13 rings (SSSR count). The quantitative estimate of drug-likeness (QED) is 0.159. The first kappa shape index (κ1) is 44.4. The Hall–Kier alpha value is -9.52. The van der Waals surface area contributed by atoms with Crippen LogP contribution in [-0.2, 0) is 0 Å². The number of hydrogen-bond acceptors (Lipinski definition) is 4. The van der Waals surface area contributed by atoms with Crippen molar-refractivity contribution >= 4 is 67.9 Å². The van der Waals surface area contributed by atoms with Gasteiger partial charge in [-0.05, 0) is 164 Å². The molecule has 354 valence electrons. The summed E-state index contributed by atoms with van der Waals surface area (Å²) in [5.74, 6) is 1.57. The topological polar surface area (TPSA) is 75.8 Å². The summed E-state index contributed by atoms with van der Waals surface area (Å²) in [4.78, 5) is 18.5. The van der Waals surface area contributed by atoms with E-state index < -0.39 is 0 Å². The molecule has 2 aliphatic rings. The first-order valence-electron chi connectivity index (χ1n) is 25.0. The van der Waals surface area contributed by atoms with E-state index in [4.69, 9.17) is 19.4 Å². The van der Waals surface area contributed by atoms with Crippen molar-refractivity contribution in [2.75, 3.05) is 14.2 Å². The van der Waals surface area contributed by atoms with E-state index in [1.807, 2.05) is 12.1 Å². The number of nitrogens with zero attached hydrogens (tertiary/aromatic N) is 2. The Kier molecular flexibility index (Phi) is 11.0. The molecule has 74 heavy (non-hydrogen) atoms. The zero-order chi connectivity index (χ0) is 49.9. The number of rotatable bonds is 8. The molecule has 0 saturated heterocycles. The van der Waals surface area contributed by atoms with Crippen molar-refractivity contribution in [1.82, 2.24) is 19.9 Å². The number of fused-ring (bicyclic) bond motifs is 10. The van der Waals surface area contributed by atoms with Gasteiger partial charge in [-0.3, -0.25) is 0 Å². The minimum Gasteiger partial charge on any atom is -0.497 e. The van der Waals surface area contributed by atoms with Crippen molar-refractivity contribution in [3.8, 4) is 78.3 Å². The minimum atomic E-state index is 0.779. The molecule has 0 radical (unpaired) electrons. The van der Waals surface area contributed by atoms with Gasteiger partial charge >= 0.3 is 0 Å². The average molecular weight is 955 g/mol. The molecule has 3 aromatic heterocycles. The number of nitrogens with one attached hydrogen (secondary N) is 2. The summed E-state index contributed by atoms with van der Waals surface area (Å²) in [6, 6.07) is 69.1. The monoisotopic (exact) mass is 954 g/mol. The van der Waals surface area contributed by atoms with Crippen LogP contribution in [0.2, 0.25) is 0 Å². The Balaban J connectivity index is 1.07. The fourth-order valence-electron chi connectivity index (χ4n) is 11.2. The second-order valence-electron chi connectivity index (χ2n) is 19.1. The zero-order valence-electron chi connectivity index (χ0n) is 41.5. The summed E-state index contributed by atoms with van der Waals surface area (Å²) in [7, 11) is 3.43. The Morgan fingerprint density at radius 2 is 0.865 bits per heavy atom. The number of aromatic nitrogens is 4. The van der Waals surface area contributed by atoms with Crippen LogP contribution < -0.4 is 9.47 Å². The van der Waals surface area contributed by atoms with Crippen LogP contribution in [0.15, 0.2) is 194 Å². The van der Waals surface area contributed by atoms with Crippen molar-refractivity contribution < 1.29 is 9.47 Å². The Labute approximate surface area is 429 Å². The maximum Gasteiger partial charge on any atom is 0.126 e. The normalized spacial score (nSPS) is 11.9. The van der Waals surface area contributed by atoms with Gasteiger partial charge in [0.2, 0.25) is 0 Å². The van der Waals surface area contributed by atoms with E-state index in [1.54, 1.807) is 14.2 Å². The number of aryl methyl sites for hydroxylation is 2. The number of methoxy groups -OCH3 is 2. The van der Waals surface area contributed by atoms with E-state index in [1.165, 1.54) is 22.3 Å². The van der Waals surface area contributed by atoms with Crippen LogP contribution in [0.3, 0.4) is 0 Å². The lowest BCUT2D eigenvalue weighted by Gasteiger charge is -2.19. The van der Waals surface area contributed by atoms with Crippen LogP contribution in [0.5, 0.6) is 11.5 Å². The Morgan fingerprint density at radius 1 is 0.365 bits per heavy atom. The van der Waals surface area contributed by atoms with Gasteiger partial charge in [-0.15, -0.1) is 0 Å². The zero-order valence-corrected chi connectivity index (χ0v) is 41.5. The SMILES string of the molecule is COc1ccc(OC)c(-c2cccc3cccc(-c4cc(C)c(-c5cccc6cccc(-c7c8nc(c(-c9ccccc9)c9ccc(cc%10nc(c(-c%11ccccc%11)c%11ccc7[nH]%11)C=C%10)[nH]9)C=C8)c56)cc4C)c23)c1. The van der Waals surface area contributed by atoms with Gasteiger partial charge in [0.15, 0.2) is 0 Å². The molecule has 2 aliphatic heterocycles. The van der Waals surface area contributed by atoms with Gasteiger partial charge in [-0.25, -0.2) is 9.97 Å². The molecule has 6 heteroatoms. The van der Waals surface area contributed by atoms with Gasteiger partial charge in [-0.2, -0.15) is 0 Å². The minimum absolute atomic E-state index is 0.779. The third-order valence-corrected chi connectivity index (χ3v) is 14.6. The maximum atomic E-state index is 5.95. The molecule has 11 aromatic rings. The van der Waals surface area contributed by atoms with E-state index in [9.17, 15) is 0 Å². The third-order valence-electron chi connectivity index (χ3n) is 14.6. The Bertz CT molecular complexity index is 4250. The molecule has 8 aromatic carbocycles. The maximum absolute atomic E-state index is 5.95. The van der Waals surface area contributed by atoms with Crippen molar-refractivity contribution in [1.29, 1.82) is 0 Å².